The maximum atomic E-state index is 13.1. The van der Waals surface area contributed by atoms with E-state index in [-0.39, 0.29) is 12.2 Å². The Morgan fingerprint density at radius 3 is 2.50 bits per heavy atom. The number of aliphatic hydroxyl groups is 2. The number of nitrogens with zero attached hydrogens (tertiary/aromatic N) is 4. The summed E-state index contributed by atoms with van der Waals surface area (Å²) in [5, 5.41) is 21.3. The summed E-state index contributed by atoms with van der Waals surface area (Å²) < 4.78 is 32.8. The Morgan fingerprint density at radius 2 is 1.82 bits per heavy atom. The van der Waals surface area contributed by atoms with E-state index in [4.69, 9.17) is 4.74 Å². The summed E-state index contributed by atoms with van der Waals surface area (Å²) in [6.07, 6.45) is 5.43. The van der Waals surface area contributed by atoms with Crippen LogP contribution in [0.3, 0.4) is 0 Å². The Hall–Kier alpha value is -3.43. The zero-order valence-corrected chi connectivity index (χ0v) is 18.9. The normalized spacial score (nSPS) is 20.2. The van der Waals surface area contributed by atoms with E-state index >= 15 is 0 Å². The lowest BCUT2D eigenvalue weighted by molar-refractivity contribution is -0.0506. The number of alkyl halides is 2. The highest BCUT2D eigenvalue weighted by Crippen LogP contribution is 2.49. The number of fused-ring (bicyclic) bond motifs is 3. The summed E-state index contributed by atoms with van der Waals surface area (Å²) >= 11 is 0. The van der Waals surface area contributed by atoms with Crippen molar-refractivity contribution in [3.63, 3.8) is 0 Å². The summed E-state index contributed by atoms with van der Waals surface area (Å²) in [5.74, 6) is -0.0144. The Balaban J connectivity index is 1.63. The fourth-order valence-corrected chi connectivity index (χ4v) is 4.58. The molecule has 1 aliphatic carbocycles. The second kappa shape index (κ2) is 7.82. The van der Waals surface area contributed by atoms with E-state index in [9.17, 15) is 19.0 Å². The molecule has 1 aromatic carbocycles. The quantitative estimate of drug-likeness (QED) is 0.454. The standard InChI is InChI=1S/C25H24F2N4O3/c1-24(2,32)22-28-11-15(12-29-22)14-8-9-19-30-21-20(31(19)13-14)17(10-25(21,3)33)16-6-4-5-7-18(16)34-23(26)27/h4-9,11-13,17,23,32-33H,10H2,1-3H3/t17-,25+/m1/s1. The molecule has 0 saturated heterocycles. The van der Waals surface area contributed by atoms with E-state index < -0.39 is 23.7 Å². The average molecular weight is 466 g/mol. The van der Waals surface area contributed by atoms with E-state index in [1.807, 2.05) is 22.7 Å². The highest BCUT2D eigenvalue weighted by Gasteiger charge is 2.44. The summed E-state index contributed by atoms with van der Waals surface area (Å²) in [7, 11) is 0. The molecular formula is C25H24F2N4O3. The van der Waals surface area contributed by atoms with Gasteiger partial charge in [0.2, 0.25) is 0 Å². The first-order valence-corrected chi connectivity index (χ1v) is 10.9. The van der Waals surface area contributed by atoms with E-state index in [1.54, 1.807) is 51.4 Å². The van der Waals surface area contributed by atoms with Gasteiger partial charge in [0, 0.05) is 41.2 Å². The summed E-state index contributed by atoms with van der Waals surface area (Å²) in [5.41, 5.74) is 1.57. The second-order valence-corrected chi connectivity index (χ2v) is 9.29. The van der Waals surface area contributed by atoms with Crippen LogP contribution < -0.4 is 4.74 Å². The molecule has 0 unspecified atom stereocenters. The second-order valence-electron chi connectivity index (χ2n) is 9.29. The highest BCUT2D eigenvalue weighted by atomic mass is 19.3. The van der Waals surface area contributed by atoms with Crippen LogP contribution in [0, 0.1) is 0 Å². The fraction of sp³-hybridized carbons (Fsp3) is 0.320. The molecule has 2 atom stereocenters. The summed E-state index contributed by atoms with van der Waals surface area (Å²) in [6, 6.07) is 10.3. The Bertz CT molecular complexity index is 1360. The Labute approximate surface area is 194 Å². The molecule has 34 heavy (non-hydrogen) atoms. The van der Waals surface area contributed by atoms with Gasteiger partial charge in [0.1, 0.15) is 22.6 Å². The number of ether oxygens (including phenoxy) is 1. The van der Waals surface area contributed by atoms with Crippen molar-refractivity contribution < 1.29 is 23.7 Å². The molecule has 176 valence electrons. The lowest BCUT2D eigenvalue weighted by Crippen LogP contribution is -2.19. The number of rotatable bonds is 5. The molecular weight excluding hydrogens is 442 g/mol. The molecule has 0 aliphatic heterocycles. The topological polar surface area (TPSA) is 92.8 Å². The van der Waals surface area contributed by atoms with Crippen LogP contribution in [0.1, 0.15) is 55.9 Å². The number of aromatic nitrogens is 4. The molecule has 3 heterocycles. The van der Waals surface area contributed by atoms with Crippen LogP contribution in [0.15, 0.2) is 55.0 Å². The number of para-hydroxylation sites is 1. The lowest BCUT2D eigenvalue weighted by Gasteiger charge is -2.20. The first-order chi connectivity index (χ1) is 16.0. The Kier molecular flexibility index (Phi) is 5.14. The van der Waals surface area contributed by atoms with Crippen molar-refractivity contribution in [2.75, 3.05) is 0 Å². The number of hydrogen-bond acceptors (Lipinski definition) is 6. The van der Waals surface area contributed by atoms with Crippen molar-refractivity contribution in [2.45, 2.75) is 50.9 Å². The lowest BCUT2D eigenvalue weighted by atomic mass is 9.93. The van der Waals surface area contributed by atoms with Crippen molar-refractivity contribution in [2.24, 2.45) is 0 Å². The monoisotopic (exact) mass is 466 g/mol. The van der Waals surface area contributed by atoms with Crippen LogP contribution in [-0.2, 0) is 11.2 Å². The van der Waals surface area contributed by atoms with Crippen LogP contribution in [0.5, 0.6) is 5.75 Å². The number of imidazole rings is 1. The summed E-state index contributed by atoms with van der Waals surface area (Å²) in [4.78, 5) is 13.2. The van der Waals surface area contributed by atoms with Crippen molar-refractivity contribution in [1.29, 1.82) is 0 Å². The third kappa shape index (κ3) is 3.80. The molecule has 4 aromatic rings. The minimum Gasteiger partial charge on any atom is -0.435 e. The van der Waals surface area contributed by atoms with E-state index in [0.717, 1.165) is 16.8 Å². The van der Waals surface area contributed by atoms with Gasteiger partial charge in [-0.05, 0) is 45.4 Å². The maximum Gasteiger partial charge on any atom is 0.387 e. The van der Waals surface area contributed by atoms with Crippen LogP contribution in [0.2, 0.25) is 0 Å². The first-order valence-electron chi connectivity index (χ1n) is 10.9. The molecule has 0 bridgehead atoms. The van der Waals surface area contributed by atoms with Crippen molar-refractivity contribution >= 4 is 5.65 Å². The van der Waals surface area contributed by atoms with Crippen molar-refractivity contribution in [1.82, 2.24) is 19.4 Å². The van der Waals surface area contributed by atoms with Gasteiger partial charge in [-0.25, -0.2) is 15.0 Å². The van der Waals surface area contributed by atoms with E-state index in [0.29, 0.717) is 22.7 Å². The molecule has 0 fully saturated rings. The molecule has 2 N–H and O–H groups in total. The van der Waals surface area contributed by atoms with Gasteiger partial charge >= 0.3 is 6.61 Å². The van der Waals surface area contributed by atoms with Crippen LogP contribution in [0.4, 0.5) is 8.78 Å². The SMILES string of the molecule is CC(C)(O)c1ncc(-c2ccc3nc4c(n3c2)[C@@H](c2ccccc2OC(F)F)C[C@]4(C)O)cn1. The van der Waals surface area contributed by atoms with Gasteiger partial charge in [0.15, 0.2) is 5.82 Å². The highest BCUT2D eigenvalue weighted by molar-refractivity contribution is 5.64. The minimum absolute atomic E-state index is 0.0767. The fourth-order valence-electron chi connectivity index (χ4n) is 4.58. The first kappa shape index (κ1) is 22.4. The molecule has 0 spiro atoms. The minimum atomic E-state index is -2.96. The predicted molar refractivity (Wildman–Crippen MR) is 121 cm³/mol. The van der Waals surface area contributed by atoms with Gasteiger partial charge in [-0.2, -0.15) is 8.78 Å². The molecule has 5 rings (SSSR count). The molecule has 1 aliphatic rings. The van der Waals surface area contributed by atoms with Crippen molar-refractivity contribution in [3.8, 4) is 16.9 Å². The predicted octanol–water partition coefficient (Wildman–Crippen LogP) is 4.36. The number of halogens is 2. The van der Waals surface area contributed by atoms with Gasteiger partial charge in [0.25, 0.3) is 0 Å². The number of benzene rings is 1. The van der Waals surface area contributed by atoms with Crippen LogP contribution >= 0.6 is 0 Å². The van der Waals surface area contributed by atoms with Gasteiger partial charge in [0.05, 0.1) is 11.4 Å². The largest absolute Gasteiger partial charge is 0.435 e. The molecule has 3 aromatic heterocycles. The molecule has 0 saturated carbocycles. The van der Waals surface area contributed by atoms with Gasteiger partial charge in [-0.3, -0.25) is 0 Å². The smallest absolute Gasteiger partial charge is 0.387 e. The number of pyridine rings is 1. The third-order valence-electron chi connectivity index (χ3n) is 6.14. The van der Waals surface area contributed by atoms with E-state index in [1.165, 1.54) is 6.07 Å². The van der Waals surface area contributed by atoms with Crippen LogP contribution in [0.25, 0.3) is 16.8 Å². The van der Waals surface area contributed by atoms with Gasteiger partial charge in [-0.15, -0.1) is 0 Å². The zero-order valence-electron chi connectivity index (χ0n) is 18.9. The van der Waals surface area contributed by atoms with Crippen molar-refractivity contribution in [3.05, 3.63) is 77.8 Å². The van der Waals surface area contributed by atoms with Gasteiger partial charge in [-0.1, -0.05) is 18.2 Å². The zero-order chi connectivity index (χ0) is 24.3. The van der Waals surface area contributed by atoms with E-state index in [2.05, 4.69) is 15.0 Å². The molecule has 7 nitrogen and oxygen atoms in total. The average Bonchev–Trinajstić information content (AvgIpc) is 3.28. The summed E-state index contributed by atoms with van der Waals surface area (Å²) in [6.45, 7) is 1.96. The van der Waals surface area contributed by atoms with Gasteiger partial charge < -0.3 is 19.4 Å². The third-order valence-corrected chi connectivity index (χ3v) is 6.14. The molecule has 0 radical (unpaired) electrons. The maximum absolute atomic E-state index is 13.1. The van der Waals surface area contributed by atoms with Crippen LogP contribution in [-0.4, -0.2) is 36.2 Å². The molecule has 0 amide bonds. The molecule has 9 heteroatoms. The number of hydrogen-bond donors (Lipinski definition) is 2. The Morgan fingerprint density at radius 1 is 1.12 bits per heavy atom.